The Balaban J connectivity index is 1.84. The lowest BCUT2D eigenvalue weighted by atomic mass is 10.0. The second-order valence-corrected chi connectivity index (χ2v) is 13.5. The van der Waals surface area contributed by atoms with Crippen LogP contribution in [0, 0.1) is 11.3 Å². The lowest BCUT2D eigenvalue weighted by Crippen LogP contribution is -2.94. The van der Waals surface area contributed by atoms with Gasteiger partial charge in [0.15, 0.2) is 0 Å². The normalized spacial score (nSPS) is 22.1. The van der Waals surface area contributed by atoms with Gasteiger partial charge in [0.1, 0.15) is 17.3 Å². The third-order valence-electron chi connectivity index (χ3n) is 6.85. The zero-order chi connectivity index (χ0) is 29.6. The molecule has 1 fully saturated rings. The van der Waals surface area contributed by atoms with Crippen LogP contribution in [0.1, 0.15) is 72.6 Å². The minimum absolute atomic E-state index is 0.00612. The smallest absolute Gasteiger partial charge is 0.408 e. The van der Waals surface area contributed by atoms with E-state index in [0.717, 1.165) is 28.3 Å². The van der Waals surface area contributed by atoms with Gasteiger partial charge in [0.05, 0.1) is 5.41 Å². The molecule has 0 spiro atoms. The first kappa shape index (κ1) is 32.4. The Morgan fingerprint density at radius 2 is 1.92 bits per heavy atom. The summed E-state index contributed by atoms with van der Waals surface area (Å²) in [5.74, 6) is -1.46. The van der Waals surface area contributed by atoms with Crippen molar-refractivity contribution in [3.05, 3.63) is 23.9 Å². The molecule has 0 bridgehead atoms. The molecule has 1 saturated carbocycles. The van der Waals surface area contributed by atoms with Gasteiger partial charge in [-0.25, -0.2) is 9.59 Å². The Morgan fingerprint density at radius 3 is 2.51 bits per heavy atom. The van der Waals surface area contributed by atoms with Gasteiger partial charge in [-0.05, 0) is 65.7 Å². The van der Waals surface area contributed by atoms with E-state index >= 15 is 0 Å². The Bertz CT molecular complexity index is 1110. The molecule has 13 heteroatoms. The number of alkyl carbamates (subject to hydrolysis) is 1. The van der Waals surface area contributed by atoms with Gasteiger partial charge in [-0.15, -0.1) is 0 Å². The van der Waals surface area contributed by atoms with Gasteiger partial charge < -0.3 is 20.7 Å². The zero-order valence-corrected chi connectivity index (χ0v) is 24.7. The van der Waals surface area contributed by atoms with Crippen LogP contribution in [0.15, 0.2) is 23.9 Å². The van der Waals surface area contributed by atoms with Crippen molar-refractivity contribution in [3.8, 4) is 0 Å². The maximum atomic E-state index is 13.2. The fourth-order valence-corrected chi connectivity index (χ4v) is 5.05. The summed E-state index contributed by atoms with van der Waals surface area (Å²) in [7, 11) is -0.919. The number of nitrogens with one attached hydrogen (secondary N) is 1. The van der Waals surface area contributed by atoms with E-state index in [4.69, 9.17) is 10.5 Å². The Hall–Kier alpha value is -2.77. The predicted octanol–water partition coefficient (Wildman–Crippen LogP) is 0.911. The van der Waals surface area contributed by atoms with Crippen LogP contribution in [-0.4, -0.2) is 73.7 Å². The first-order valence-electron chi connectivity index (χ1n) is 13.3. The van der Waals surface area contributed by atoms with Crippen molar-refractivity contribution in [2.24, 2.45) is 17.1 Å². The maximum absolute atomic E-state index is 13.2. The van der Waals surface area contributed by atoms with E-state index in [0.29, 0.717) is 32.2 Å². The number of rotatable bonds is 13. The quantitative estimate of drug-likeness (QED) is 0.218. The Labute approximate surface area is 231 Å². The van der Waals surface area contributed by atoms with Crippen LogP contribution in [0.2, 0.25) is 0 Å². The molecule has 2 aliphatic rings. The van der Waals surface area contributed by atoms with Gasteiger partial charge in [-0.1, -0.05) is 31.1 Å². The van der Waals surface area contributed by atoms with E-state index < -0.39 is 45.2 Å². The van der Waals surface area contributed by atoms with Crippen LogP contribution in [0.25, 0.3) is 0 Å². The molecule has 1 aliphatic carbocycles. The van der Waals surface area contributed by atoms with E-state index in [2.05, 4.69) is 5.32 Å². The van der Waals surface area contributed by atoms with E-state index in [1.807, 2.05) is 12.2 Å². The van der Waals surface area contributed by atoms with Gasteiger partial charge in [0.25, 0.3) is 5.91 Å². The van der Waals surface area contributed by atoms with Gasteiger partial charge in [-0.2, -0.15) is 17.4 Å². The number of primary amides is 2. The summed E-state index contributed by atoms with van der Waals surface area (Å²) in [5, 5.41) is 2.65. The van der Waals surface area contributed by atoms with Crippen LogP contribution in [0.5, 0.6) is 0 Å². The lowest BCUT2D eigenvalue weighted by Gasteiger charge is -2.27. The number of hydrogen-bond donors (Lipinski definition) is 3. The van der Waals surface area contributed by atoms with Crippen molar-refractivity contribution in [2.75, 3.05) is 20.6 Å². The highest BCUT2D eigenvalue weighted by Gasteiger charge is 2.58. The molecule has 0 aromatic heterocycles. The fourth-order valence-electron chi connectivity index (χ4n) is 4.30. The fraction of sp³-hybridized carbons (Fsp3) is 0.692. The average Bonchev–Trinajstić information content (AvgIpc) is 3.23. The molecule has 4 amide bonds. The maximum Gasteiger partial charge on any atom is 0.408 e. The van der Waals surface area contributed by atoms with Crippen molar-refractivity contribution in [2.45, 2.75) is 84.3 Å². The molecule has 39 heavy (non-hydrogen) atoms. The topological polar surface area (TPSA) is 173 Å². The highest BCUT2D eigenvalue weighted by molar-refractivity contribution is 7.82. The SMILES string of the molecule is CN(C)S(=O)(=O)[NH2+]C(=O)C1(C)CC1C=CCCCCCC(NC(=O)OC(C)(C)C)C(=O)N1CCC=C1C(N)=O. The van der Waals surface area contributed by atoms with Crippen molar-refractivity contribution < 1.29 is 37.1 Å². The predicted molar refractivity (Wildman–Crippen MR) is 145 cm³/mol. The molecule has 0 radical (unpaired) electrons. The number of hydrogen-bond acceptors (Lipinski definition) is 7. The Morgan fingerprint density at radius 1 is 1.26 bits per heavy atom. The highest BCUT2D eigenvalue weighted by Crippen LogP contribution is 2.52. The van der Waals surface area contributed by atoms with Crippen LogP contribution in [-0.2, 0) is 29.3 Å². The number of allylic oxidation sites excluding steroid dienone is 2. The van der Waals surface area contributed by atoms with Crippen LogP contribution >= 0.6 is 0 Å². The monoisotopic (exact) mass is 570 g/mol. The summed E-state index contributed by atoms with van der Waals surface area (Å²) < 4.78 is 31.1. The molecule has 12 nitrogen and oxygen atoms in total. The first-order chi connectivity index (χ1) is 18.0. The second kappa shape index (κ2) is 13.1. The van der Waals surface area contributed by atoms with Crippen molar-refractivity contribution in [3.63, 3.8) is 0 Å². The van der Waals surface area contributed by atoms with Crippen molar-refractivity contribution in [1.29, 1.82) is 0 Å². The van der Waals surface area contributed by atoms with E-state index in [-0.39, 0.29) is 17.5 Å². The largest absolute Gasteiger partial charge is 0.444 e. The summed E-state index contributed by atoms with van der Waals surface area (Å²) in [6.07, 6.45) is 9.42. The molecule has 5 N–H and O–H groups in total. The summed E-state index contributed by atoms with van der Waals surface area (Å²) in [6, 6.07) is -0.857. The molecule has 1 aliphatic heterocycles. The van der Waals surface area contributed by atoms with Gasteiger partial charge in [-0.3, -0.25) is 9.59 Å². The van der Waals surface area contributed by atoms with Gasteiger partial charge >= 0.3 is 22.2 Å². The summed E-state index contributed by atoms with van der Waals surface area (Å²) >= 11 is 0. The number of ether oxygens (including phenoxy) is 1. The molecule has 2 rings (SSSR count). The highest BCUT2D eigenvalue weighted by atomic mass is 32.2. The molecular formula is C26H44N5O7S+. The molecule has 220 valence electrons. The van der Waals surface area contributed by atoms with Crippen molar-refractivity contribution in [1.82, 2.24) is 14.5 Å². The molecule has 0 saturated heterocycles. The number of nitrogens with two attached hydrogens (primary N) is 2. The zero-order valence-electron chi connectivity index (χ0n) is 23.9. The number of amides is 4. The number of quaternary nitrogens is 1. The standard InChI is InChI=1S/C26H43N5O7S/c1-25(2,3)38-24(35)28-19(22(33)31-16-12-15-20(31)21(27)32)14-11-9-7-8-10-13-18-17-26(18,4)23(34)29-39(36,37)30(5)6/h10,13,15,18-19H,7-9,11-12,14,16-17H2,1-6H3,(H2,27,32)(H,28,35)(H,29,34)/p+1. The Kier molecular flexibility index (Phi) is 10.9. The summed E-state index contributed by atoms with van der Waals surface area (Å²) in [6.45, 7) is 7.30. The number of carbonyl (C=O) groups excluding carboxylic acids is 4. The molecule has 0 aromatic carbocycles. The third kappa shape index (κ3) is 9.43. The summed E-state index contributed by atoms with van der Waals surface area (Å²) in [5.41, 5.74) is 4.14. The number of unbranched alkanes of at least 4 members (excludes halogenated alkanes) is 3. The van der Waals surface area contributed by atoms with Crippen LogP contribution in [0.3, 0.4) is 0 Å². The lowest BCUT2D eigenvalue weighted by molar-refractivity contribution is -0.423. The average molecular weight is 571 g/mol. The molecule has 0 aromatic rings. The molecule has 3 atom stereocenters. The second-order valence-electron chi connectivity index (χ2n) is 11.5. The van der Waals surface area contributed by atoms with Gasteiger partial charge in [0, 0.05) is 20.6 Å². The minimum atomic E-state index is -3.69. The molecular weight excluding hydrogens is 526 g/mol. The van der Waals surface area contributed by atoms with E-state index in [9.17, 15) is 27.6 Å². The third-order valence-corrected chi connectivity index (χ3v) is 8.38. The van der Waals surface area contributed by atoms with E-state index in [1.54, 1.807) is 33.8 Å². The summed E-state index contributed by atoms with van der Waals surface area (Å²) in [4.78, 5) is 51.1. The number of nitrogens with zero attached hydrogens (tertiary/aromatic N) is 2. The van der Waals surface area contributed by atoms with Crippen LogP contribution in [0.4, 0.5) is 4.79 Å². The van der Waals surface area contributed by atoms with Gasteiger partial charge in [0.2, 0.25) is 5.91 Å². The van der Waals surface area contributed by atoms with Crippen molar-refractivity contribution >= 4 is 34.0 Å². The first-order valence-corrected chi connectivity index (χ1v) is 14.8. The minimum Gasteiger partial charge on any atom is -0.444 e. The van der Waals surface area contributed by atoms with Crippen LogP contribution < -0.4 is 15.8 Å². The molecule has 3 unspecified atom stereocenters. The van der Waals surface area contributed by atoms with E-state index in [1.165, 1.54) is 19.0 Å². The number of carbonyl (C=O) groups is 4. The molecule has 1 heterocycles.